The molecule has 0 saturated carbocycles. The van der Waals surface area contributed by atoms with E-state index in [-0.39, 0.29) is 0 Å². The average Bonchev–Trinajstić information content (AvgIpc) is 1.86. The minimum atomic E-state index is 0.892. The number of hydrogen-bond acceptors (Lipinski definition) is 2. The molecule has 0 aliphatic carbocycles. The van der Waals surface area contributed by atoms with Crippen LogP contribution in [0.5, 0.6) is 0 Å². The van der Waals surface area contributed by atoms with Crippen molar-refractivity contribution in [1.82, 2.24) is 0 Å². The van der Waals surface area contributed by atoms with Crippen molar-refractivity contribution >= 4 is 30.9 Å². The largest absolute Gasteiger partial charge is 0.142 e. The first kappa shape index (κ1) is 5.27. The summed E-state index contributed by atoms with van der Waals surface area (Å²) in [5.41, 5.74) is 1.39. The van der Waals surface area contributed by atoms with E-state index in [2.05, 4.69) is 30.1 Å². The quantitative estimate of drug-likeness (QED) is 0.471. The zero-order valence-corrected chi connectivity index (χ0v) is 6.23. The van der Waals surface area contributed by atoms with Crippen LogP contribution in [0.1, 0.15) is 6.92 Å². The molecular formula is C3H7PS2. The summed E-state index contributed by atoms with van der Waals surface area (Å²) in [6.45, 7) is 2.27. The van der Waals surface area contributed by atoms with Crippen molar-refractivity contribution < 1.29 is 0 Å². The molecule has 3 heteroatoms. The van der Waals surface area contributed by atoms with Gasteiger partial charge in [-0.05, 0) is 6.92 Å². The van der Waals surface area contributed by atoms with Gasteiger partial charge in [0.1, 0.15) is 0 Å². The first-order valence-corrected chi connectivity index (χ1v) is 5.76. The molecule has 0 radical (unpaired) electrons. The van der Waals surface area contributed by atoms with Gasteiger partial charge >= 0.3 is 0 Å². The molecule has 0 amide bonds. The second-order valence-electron chi connectivity index (χ2n) is 1.14. The fourth-order valence-corrected chi connectivity index (χ4v) is 6.09. The summed E-state index contributed by atoms with van der Waals surface area (Å²) in [6.07, 6.45) is 0. The summed E-state index contributed by atoms with van der Waals surface area (Å²) in [5, 5.41) is 0. The smallest absolute Gasteiger partial charge is 0.0517 e. The van der Waals surface area contributed by atoms with Crippen LogP contribution < -0.4 is 0 Å². The van der Waals surface area contributed by atoms with Gasteiger partial charge in [0, 0.05) is 5.49 Å². The third kappa shape index (κ3) is 1.32. The van der Waals surface area contributed by atoms with Gasteiger partial charge in [-0.25, -0.2) is 0 Å². The lowest BCUT2D eigenvalue weighted by atomic mass is 11.0. The zero-order chi connectivity index (χ0) is 4.41. The summed E-state index contributed by atoms with van der Waals surface area (Å²) < 4.78 is 0.892. The molecule has 0 spiro atoms. The maximum absolute atomic E-state index is 2.27. The van der Waals surface area contributed by atoms with E-state index in [0.717, 1.165) is 4.58 Å². The maximum Gasteiger partial charge on any atom is 0.0517 e. The van der Waals surface area contributed by atoms with Crippen molar-refractivity contribution in [3.63, 3.8) is 0 Å². The fourth-order valence-electron chi connectivity index (χ4n) is 0.337. The van der Waals surface area contributed by atoms with Crippen LogP contribution in [-0.4, -0.2) is 10.1 Å². The Bertz CT molecular complexity index is 42.1. The lowest BCUT2D eigenvalue weighted by Gasteiger charge is -1.90. The Morgan fingerprint density at radius 3 is 2.83 bits per heavy atom. The van der Waals surface area contributed by atoms with Gasteiger partial charge in [-0.3, -0.25) is 0 Å². The molecule has 1 aliphatic heterocycles. The molecule has 0 bridgehead atoms. The minimum Gasteiger partial charge on any atom is -0.142 e. The van der Waals surface area contributed by atoms with Crippen LogP contribution in [0.3, 0.4) is 0 Å². The van der Waals surface area contributed by atoms with E-state index >= 15 is 0 Å². The first-order chi connectivity index (χ1) is 2.89. The molecule has 1 aliphatic rings. The summed E-state index contributed by atoms with van der Waals surface area (Å²) in [4.78, 5) is 0. The second-order valence-corrected chi connectivity index (χ2v) is 6.44. The summed E-state index contributed by atoms with van der Waals surface area (Å²) in [5.74, 6) is 0. The number of rotatable bonds is 0. The van der Waals surface area contributed by atoms with E-state index in [1.54, 1.807) is 0 Å². The van der Waals surface area contributed by atoms with Crippen molar-refractivity contribution in [2.45, 2.75) is 11.5 Å². The zero-order valence-electron chi connectivity index (χ0n) is 3.60. The summed E-state index contributed by atoms with van der Waals surface area (Å²) in [6, 6.07) is 0. The standard InChI is InChI=1S/C3H7PS2/c1-3-5-2-4-6-3/h3-4H,2H2,1H3. The van der Waals surface area contributed by atoms with Crippen LogP contribution in [0.15, 0.2) is 0 Å². The monoisotopic (exact) mass is 138 g/mol. The topological polar surface area (TPSA) is 0 Å². The van der Waals surface area contributed by atoms with Gasteiger partial charge in [-0.1, -0.05) is 7.78 Å². The Morgan fingerprint density at radius 2 is 2.67 bits per heavy atom. The predicted molar refractivity (Wildman–Crippen MR) is 37.8 cm³/mol. The highest BCUT2D eigenvalue weighted by Crippen LogP contribution is 2.49. The van der Waals surface area contributed by atoms with Gasteiger partial charge in [0.05, 0.1) is 4.58 Å². The molecule has 1 fully saturated rings. The van der Waals surface area contributed by atoms with E-state index in [0.29, 0.717) is 0 Å². The molecule has 2 unspecified atom stereocenters. The van der Waals surface area contributed by atoms with Crippen LogP contribution in [0.25, 0.3) is 0 Å². The predicted octanol–water partition coefficient (Wildman–Crippen LogP) is 2.36. The molecule has 0 aromatic rings. The molecule has 2 atom stereocenters. The fraction of sp³-hybridized carbons (Fsp3) is 1.00. The highest BCUT2D eigenvalue weighted by molar-refractivity contribution is 8.58. The van der Waals surface area contributed by atoms with Crippen molar-refractivity contribution in [2.75, 3.05) is 5.49 Å². The maximum atomic E-state index is 2.27. The van der Waals surface area contributed by atoms with Crippen molar-refractivity contribution in [1.29, 1.82) is 0 Å². The Labute approximate surface area is 48.4 Å². The second kappa shape index (κ2) is 2.44. The van der Waals surface area contributed by atoms with Crippen LogP contribution in [0, 0.1) is 0 Å². The van der Waals surface area contributed by atoms with Gasteiger partial charge in [0.25, 0.3) is 0 Å². The molecular weight excluding hydrogens is 131 g/mol. The summed E-state index contributed by atoms with van der Waals surface area (Å²) >= 11 is 4.16. The minimum absolute atomic E-state index is 0.892. The molecule has 6 heavy (non-hydrogen) atoms. The average molecular weight is 138 g/mol. The molecule has 0 aromatic carbocycles. The van der Waals surface area contributed by atoms with Crippen LogP contribution in [0.4, 0.5) is 0 Å². The van der Waals surface area contributed by atoms with Crippen molar-refractivity contribution in [3.8, 4) is 0 Å². The van der Waals surface area contributed by atoms with Gasteiger partial charge < -0.3 is 0 Å². The van der Waals surface area contributed by atoms with E-state index in [9.17, 15) is 0 Å². The van der Waals surface area contributed by atoms with Gasteiger partial charge in [-0.2, -0.15) is 0 Å². The number of hydrogen-bond donors (Lipinski definition) is 0. The van der Waals surface area contributed by atoms with E-state index in [4.69, 9.17) is 0 Å². The van der Waals surface area contributed by atoms with E-state index < -0.39 is 0 Å². The molecule has 1 rings (SSSR count). The molecule has 1 saturated heterocycles. The Morgan fingerprint density at radius 1 is 1.83 bits per heavy atom. The Balaban J connectivity index is 2.18. The molecule has 0 nitrogen and oxygen atoms in total. The molecule has 36 valence electrons. The van der Waals surface area contributed by atoms with Crippen molar-refractivity contribution in [2.24, 2.45) is 0 Å². The summed E-state index contributed by atoms with van der Waals surface area (Å²) in [7, 11) is 1.17. The van der Waals surface area contributed by atoms with E-state index in [1.165, 1.54) is 13.3 Å². The third-order valence-corrected chi connectivity index (χ3v) is 6.56. The van der Waals surface area contributed by atoms with Crippen LogP contribution in [0.2, 0.25) is 0 Å². The SMILES string of the molecule is CC1SCPS1. The lowest BCUT2D eigenvalue weighted by Crippen LogP contribution is -1.73. The number of thioether (sulfide) groups is 1. The lowest BCUT2D eigenvalue weighted by molar-refractivity contribution is 1.44. The first-order valence-electron chi connectivity index (χ1n) is 1.90. The van der Waals surface area contributed by atoms with Crippen molar-refractivity contribution in [3.05, 3.63) is 0 Å². The van der Waals surface area contributed by atoms with E-state index in [1.807, 2.05) is 0 Å². The Kier molecular flexibility index (Phi) is 2.14. The van der Waals surface area contributed by atoms with Gasteiger partial charge in [-0.15, -0.1) is 23.1 Å². The molecule has 1 heterocycles. The normalized spacial score (nSPS) is 38.5. The Hall–Kier alpha value is 1.13. The van der Waals surface area contributed by atoms with Crippen LogP contribution >= 0.6 is 30.9 Å². The third-order valence-electron chi connectivity index (χ3n) is 0.626. The van der Waals surface area contributed by atoms with Crippen LogP contribution in [-0.2, 0) is 0 Å². The molecule has 0 N–H and O–H groups in total. The van der Waals surface area contributed by atoms with Gasteiger partial charge in [0.2, 0.25) is 0 Å². The molecule has 0 aromatic heterocycles. The highest BCUT2D eigenvalue weighted by Gasteiger charge is 2.08. The highest BCUT2D eigenvalue weighted by atomic mass is 32.7. The van der Waals surface area contributed by atoms with Gasteiger partial charge in [0.15, 0.2) is 0 Å².